The molecule has 8 heteroatoms. The fourth-order valence-corrected chi connectivity index (χ4v) is 5.03. The first kappa shape index (κ1) is 19.8. The van der Waals surface area contributed by atoms with E-state index in [2.05, 4.69) is 31.2 Å². The zero-order valence-corrected chi connectivity index (χ0v) is 17.7. The van der Waals surface area contributed by atoms with Crippen LogP contribution in [0.15, 0.2) is 59.3 Å². The lowest BCUT2D eigenvalue weighted by Crippen LogP contribution is -2.41. The number of nitrogens with zero attached hydrogens (tertiary/aromatic N) is 1. The van der Waals surface area contributed by atoms with Gasteiger partial charge in [-0.2, -0.15) is 0 Å². The molecule has 1 atom stereocenters. The predicted octanol–water partition coefficient (Wildman–Crippen LogP) is 4.49. The quantitative estimate of drug-likeness (QED) is 0.386. The number of aromatic nitrogens is 2. The van der Waals surface area contributed by atoms with Crippen LogP contribution in [0.5, 0.6) is 0 Å². The highest BCUT2D eigenvalue weighted by molar-refractivity contribution is 9.10. The average Bonchev–Trinajstić information content (AvgIpc) is 3.35. The minimum Gasteiger partial charge on any atom is -0.347 e. The standard InChI is InChI=1S/C21H18BrFN4OS/c22-16-10-18(29-19(16)14-5-7-25-20-15(14)6-8-26-20)21(28)27-13(11-24)9-12-3-1-2-4-17(12)23/h1-8,10,13H,9,11,24H2,(H,25,26)(H,27,28)/t13-/m1/s1. The van der Waals surface area contributed by atoms with Gasteiger partial charge in [0.15, 0.2) is 0 Å². The first-order chi connectivity index (χ1) is 14.1. The van der Waals surface area contributed by atoms with Gasteiger partial charge in [0.25, 0.3) is 5.91 Å². The van der Waals surface area contributed by atoms with E-state index in [0.717, 1.165) is 25.9 Å². The van der Waals surface area contributed by atoms with Gasteiger partial charge in [0.05, 0.1) is 9.75 Å². The van der Waals surface area contributed by atoms with Gasteiger partial charge in [0.2, 0.25) is 0 Å². The molecule has 5 nitrogen and oxygen atoms in total. The highest BCUT2D eigenvalue weighted by atomic mass is 79.9. The number of halogens is 2. The van der Waals surface area contributed by atoms with Crippen LogP contribution in [0.25, 0.3) is 21.5 Å². The van der Waals surface area contributed by atoms with Gasteiger partial charge in [-0.1, -0.05) is 18.2 Å². The Morgan fingerprint density at radius 2 is 2.14 bits per heavy atom. The summed E-state index contributed by atoms with van der Waals surface area (Å²) in [4.78, 5) is 21.7. The number of amides is 1. The normalized spacial score (nSPS) is 12.2. The highest BCUT2D eigenvalue weighted by Gasteiger charge is 2.19. The summed E-state index contributed by atoms with van der Waals surface area (Å²) in [6.07, 6.45) is 3.91. The van der Waals surface area contributed by atoms with Crippen LogP contribution in [0.2, 0.25) is 0 Å². The van der Waals surface area contributed by atoms with Crippen LogP contribution in [-0.4, -0.2) is 28.5 Å². The van der Waals surface area contributed by atoms with Crippen LogP contribution in [0, 0.1) is 5.82 Å². The lowest BCUT2D eigenvalue weighted by molar-refractivity contribution is 0.0942. The average molecular weight is 473 g/mol. The van der Waals surface area contributed by atoms with Crippen molar-refractivity contribution in [3.05, 3.63) is 75.6 Å². The Kier molecular flexibility index (Phi) is 5.75. The second-order valence-corrected chi connectivity index (χ2v) is 8.49. The minimum absolute atomic E-state index is 0.216. The summed E-state index contributed by atoms with van der Waals surface area (Å²) in [6, 6.07) is 11.8. The summed E-state index contributed by atoms with van der Waals surface area (Å²) in [6.45, 7) is 0.216. The van der Waals surface area contributed by atoms with Gasteiger partial charge >= 0.3 is 0 Å². The van der Waals surface area contributed by atoms with E-state index in [-0.39, 0.29) is 24.3 Å². The lowest BCUT2D eigenvalue weighted by atomic mass is 10.1. The van der Waals surface area contributed by atoms with E-state index >= 15 is 0 Å². The van der Waals surface area contributed by atoms with Crippen LogP contribution in [0.3, 0.4) is 0 Å². The summed E-state index contributed by atoms with van der Waals surface area (Å²) in [7, 11) is 0. The molecule has 4 rings (SSSR count). The highest BCUT2D eigenvalue weighted by Crippen LogP contribution is 2.39. The molecule has 0 saturated carbocycles. The first-order valence-corrected chi connectivity index (χ1v) is 10.6. The molecular formula is C21H18BrFN4OS. The number of hydrogen-bond acceptors (Lipinski definition) is 4. The van der Waals surface area contributed by atoms with E-state index in [1.807, 2.05) is 18.3 Å². The molecule has 1 aromatic carbocycles. The maximum absolute atomic E-state index is 13.9. The van der Waals surface area contributed by atoms with E-state index in [1.54, 1.807) is 30.5 Å². The molecular weight excluding hydrogens is 455 g/mol. The smallest absolute Gasteiger partial charge is 0.261 e. The van der Waals surface area contributed by atoms with Gasteiger partial charge < -0.3 is 16.0 Å². The fraction of sp³-hybridized carbons (Fsp3) is 0.143. The number of hydrogen-bond donors (Lipinski definition) is 3. The van der Waals surface area contributed by atoms with Crippen LogP contribution in [0.4, 0.5) is 4.39 Å². The molecule has 0 aliphatic rings. The van der Waals surface area contributed by atoms with Crippen molar-refractivity contribution in [2.75, 3.05) is 6.54 Å². The van der Waals surface area contributed by atoms with Crippen LogP contribution in [-0.2, 0) is 6.42 Å². The molecule has 0 radical (unpaired) electrons. The van der Waals surface area contributed by atoms with Crippen molar-refractivity contribution in [3.63, 3.8) is 0 Å². The topological polar surface area (TPSA) is 83.8 Å². The Bertz CT molecular complexity index is 1170. The van der Waals surface area contributed by atoms with Gasteiger partial charge in [-0.25, -0.2) is 9.37 Å². The zero-order valence-electron chi connectivity index (χ0n) is 15.3. The third-order valence-corrected chi connectivity index (χ3v) is 6.71. The maximum atomic E-state index is 13.9. The molecule has 3 aromatic heterocycles. The van der Waals surface area contributed by atoms with E-state index < -0.39 is 0 Å². The number of benzene rings is 1. The first-order valence-electron chi connectivity index (χ1n) is 9.03. The van der Waals surface area contributed by atoms with E-state index in [0.29, 0.717) is 16.9 Å². The van der Waals surface area contributed by atoms with Crippen molar-refractivity contribution in [3.8, 4) is 10.4 Å². The Morgan fingerprint density at radius 3 is 2.93 bits per heavy atom. The number of carbonyl (C=O) groups excluding carboxylic acids is 1. The molecule has 0 fully saturated rings. The number of rotatable bonds is 6. The zero-order chi connectivity index (χ0) is 20.4. The summed E-state index contributed by atoms with van der Waals surface area (Å²) in [5.74, 6) is -0.525. The summed E-state index contributed by atoms with van der Waals surface area (Å²) in [5, 5.41) is 3.91. The number of nitrogens with two attached hydrogens (primary N) is 1. The second-order valence-electron chi connectivity index (χ2n) is 6.59. The monoisotopic (exact) mass is 472 g/mol. The van der Waals surface area contributed by atoms with Crippen molar-refractivity contribution < 1.29 is 9.18 Å². The van der Waals surface area contributed by atoms with E-state index in [4.69, 9.17) is 5.73 Å². The van der Waals surface area contributed by atoms with Gasteiger partial charge in [-0.3, -0.25) is 4.79 Å². The van der Waals surface area contributed by atoms with Crippen molar-refractivity contribution in [1.29, 1.82) is 0 Å². The summed E-state index contributed by atoms with van der Waals surface area (Å²) in [5.41, 5.74) is 8.14. The number of aromatic amines is 1. The molecule has 1 amide bonds. The summed E-state index contributed by atoms with van der Waals surface area (Å²) < 4.78 is 14.8. The molecule has 0 spiro atoms. The number of pyridine rings is 1. The van der Waals surface area contributed by atoms with E-state index in [9.17, 15) is 9.18 Å². The molecule has 0 aliphatic heterocycles. The molecule has 0 bridgehead atoms. The molecule has 4 aromatic rings. The number of H-pyrrole nitrogens is 1. The fourth-order valence-electron chi connectivity index (χ4n) is 3.20. The lowest BCUT2D eigenvalue weighted by Gasteiger charge is -2.16. The van der Waals surface area contributed by atoms with Crippen molar-refractivity contribution in [2.45, 2.75) is 12.5 Å². The van der Waals surface area contributed by atoms with Crippen molar-refractivity contribution >= 4 is 44.2 Å². The molecule has 4 N–H and O–H groups in total. The molecule has 0 unspecified atom stereocenters. The number of nitrogens with one attached hydrogen (secondary N) is 2. The Hall–Kier alpha value is -2.55. The molecule has 3 heterocycles. The van der Waals surface area contributed by atoms with Gasteiger partial charge in [0.1, 0.15) is 11.5 Å². The SMILES string of the molecule is NC[C@@H](Cc1ccccc1F)NC(=O)c1cc(Br)c(-c2ccnc3[nH]ccc23)s1. The molecule has 0 saturated heterocycles. The van der Waals surface area contributed by atoms with Crippen LogP contribution in [0.1, 0.15) is 15.2 Å². The number of thiophene rings is 1. The van der Waals surface area contributed by atoms with E-state index in [1.165, 1.54) is 17.4 Å². The van der Waals surface area contributed by atoms with Crippen LogP contribution < -0.4 is 11.1 Å². The maximum Gasteiger partial charge on any atom is 0.261 e. The van der Waals surface area contributed by atoms with Gasteiger partial charge in [0, 0.05) is 40.4 Å². The molecule has 148 valence electrons. The third-order valence-electron chi connectivity index (χ3n) is 4.66. The molecule has 29 heavy (non-hydrogen) atoms. The number of carbonyl (C=O) groups is 1. The summed E-state index contributed by atoms with van der Waals surface area (Å²) >= 11 is 4.95. The van der Waals surface area contributed by atoms with Crippen LogP contribution >= 0.6 is 27.3 Å². The Morgan fingerprint density at radius 1 is 1.31 bits per heavy atom. The number of fused-ring (bicyclic) bond motifs is 1. The van der Waals surface area contributed by atoms with Crippen molar-refractivity contribution in [1.82, 2.24) is 15.3 Å². The van der Waals surface area contributed by atoms with Gasteiger partial charge in [-0.05, 0) is 52.2 Å². The predicted molar refractivity (Wildman–Crippen MR) is 118 cm³/mol. The van der Waals surface area contributed by atoms with Crippen molar-refractivity contribution in [2.24, 2.45) is 5.73 Å². The molecule has 0 aliphatic carbocycles. The Labute approximate surface area is 179 Å². The van der Waals surface area contributed by atoms with Gasteiger partial charge in [-0.15, -0.1) is 11.3 Å². The Balaban J connectivity index is 1.56. The largest absolute Gasteiger partial charge is 0.347 e. The minimum atomic E-state index is -0.360. The second kappa shape index (κ2) is 8.44. The third kappa shape index (κ3) is 4.10.